The first-order valence-corrected chi connectivity index (χ1v) is 8.08. The Kier molecular flexibility index (Phi) is 4.04. The molecule has 0 radical (unpaired) electrons. The summed E-state index contributed by atoms with van der Waals surface area (Å²) in [6, 6.07) is 21.4. The summed E-state index contributed by atoms with van der Waals surface area (Å²) in [5.74, 6) is 0.766. The summed E-state index contributed by atoms with van der Waals surface area (Å²) < 4.78 is 0. The maximum atomic E-state index is 10.1. The van der Waals surface area contributed by atoms with Gasteiger partial charge in [0.2, 0.25) is 0 Å². The van der Waals surface area contributed by atoms with E-state index < -0.39 is 0 Å². The van der Waals surface area contributed by atoms with E-state index in [9.17, 15) is 5.11 Å². The monoisotopic (exact) mass is 328 g/mol. The number of hydrogen-bond acceptors (Lipinski definition) is 4. The molecule has 0 saturated carbocycles. The van der Waals surface area contributed by atoms with Crippen molar-refractivity contribution in [1.82, 2.24) is 0 Å². The van der Waals surface area contributed by atoms with Crippen molar-refractivity contribution in [2.45, 2.75) is 12.5 Å². The molecule has 0 aliphatic carbocycles. The van der Waals surface area contributed by atoms with Crippen LogP contribution in [0.25, 0.3) is 10.8 Å². The highest BCUT2D eigenvalue weighted by atomic mass is 16.3. The van der Waals surface area contributed by atoms with Crippen molar-refractivity contribution in [3.05, 3.63) is 77.9 Å². The van der Waals surface area contributed by atoms with Gasteiger partial charge >= 0.3 is 0 Å². The zero-order valence-electron chi connectivity index (χ0n) is 13.4. The van der Waals surface area contributed by atoms with E-state index in [1.54, 1.807) is 12.3 Å². The second-order valence-corrected chi connectivity index (χ2v) is 5.83. The van der Waals surface area contributed by atoms with Gasteiger partial charge in [-0.2, -0.15) is 10.2 Å². The first kappa shape index (κ1) is 15.2. The van der Waals surface area contributed by atoms with Gasteiger partial charge in [0.25, 0.3) is 0 Å². The van der Waals surface area contributed by atoms with Crippen LogP contribution in [0.1, 0.15) is 23.6 Å². The van der Waals surface area contributed by atoms with Gasteiger partial charge in [0, 0.05) is 12.0 Å². The molecular formula is C20H16N4O. The highest BCUT2D eigenvalue weighted by Gasteiger charge is 2.19. The highest BCUT2D eigenvalue weighted by Crippen LogP contribution is 2.28. The summed E-state index contributed by atoms with van der Waals surface area (Å²) in [7, 11) is 0. The van der Waals surface area contributed by atoms with Crippen LogP contribution >= 0.6 is 0 Å². The molecule has 3 aromatic carbocycles. The third-order valence-electron chi connectivity index (χ3n) is 4.18. The molecule has 0 unspecified atom stereocenters. The molecule has 122 valence electrons. The maximum absolute atomic E-state index is 10.1. The number of phenolic OH excluding ortho intramolecular Hbond substituents is 1. The van der Waals surface area contributed by atoms with Crippen molar-refractivity contribution in [2.75, 3.05) is 0 Å². The Hall–Kier alpha value is -3.34. The Labute approximate surface area is 145 Å². The molecule has 0 spiro atoms. The van der Waals surface area contributed by atoms with Crippen LogP contribution < -0.4 is 0 Å². The first-order chi connectivity index (χ1) is 12.3. The van der Waals surface area contributed by atoms with E-state index in [0.29, 0.717) is 17.8 Å². The normalized spacial score (nSPS) is 18.6. The van der Waals surface area contributed by atoms with E-state index >= 15 is 0 Å². The Balaban J connectivity index is 1.55. The SMILES string of the molecule is Oc1ccc2ccccc2c1/C=N\N=C1\C[C@@H](c2ccccc2)N=N1. The molecule has 4 rings (SSSR count). The van der Waals surface area contributed by atoms with Crippen molar-refractivity contribution in [2.24, 2.45) is 20.4 Å². The van der Waals surface area contributed by atoms with Crippen LogP contribution in [0.3, 0.4) is 0 Å². The molecule has 25 heavy (non-hydrogen) atoms. The van der Waals surface area contributed by atoms with Gasteiger partial charge in [0.05, 0.1) is 6.21 Å². The van der Waals surface area contributed by atoms with Crippen molar-refractivity contribution in [3.63, 3.8) is 0 Å². The summed E-state index contributed by atoms with van der Waals surface area (Å²) in [6.07, 6.45) is 2.19. The zero-order chi connectivity index (χ0) is 17.1. The number of fused-ring (bicyclic) bond motifs is 1. The van der Waals surface area contributed by atoms with E-state index in [-0.39, 0.29) is 11.8 Å². The van der Waals surface area contributed by atoms with Crippen LogP contribution in [-0.4, -0.2) is 17.2 Å². The number of amidine groups is 1. The summed E-state index contributed by atoms with van der Waals surface area (Å²) in [4.78, 5) is 0. The summed E-state index contributed by atoms with van der Waals surface area (Å²) in [5.41, 5.74) is 1.77. The third kappa shape index (κ3) is 3.17. The van der Waals surface area contributed by atoms with Gasteiger partial charge in [0.15, 0.2) is 5.84 Å². The van der Waals surface area contributed by atoms with Gasteiger partial charge in [0.1, 0.15) is 11.8 Å². The predicted molar refractivity (Wildman–Crippen MR) is 99.3 cm³/mol. The second-order valence-electron chi connectivity index (χ2n) is 5.83. The summed E-state index contributed by atoms with van der Waals surface area (Å²) in [6.45, 7) is 0. The fourth-order valence-electron chi connectivity index (χ4n) is 2.88. The van der Waals surface area contributed by atoms with Crippen molar-refractivity contribution in [1.29, 1.82) is 0 Å². The van der Waals surface area contributed by atoms with Crippen LogP contribution in [0, 0.1) is 0 Å². The number of rotatable bonds is 3. The number of azo groups is 1. The summed E-state index contributed by atoms with van der Waals surface area (Å²) in [5, 5.41) is 28.7. The highest BCUT2D eigenvalue weighted by molar-refractivity contribution is 6.02. The molecule has 0 fully saturated rings. The molecule has 1 heterocycles. The topological polar surface area (TPSA) is 69.7 Å². The lowest BCUT2D eigenvalue weighted by molar-refractivity contribution is 0.475. The van der Waals surface area contributed by atoms with E-state index in [2.05, 4.69) is 20.4 Å². The van der Waals surface area contributed by atoms with Crippen LogP contribution in [0.2, 0.25) is 0 Å². The second kappa shape index (κ2) is 6.65. The van der Waals surface area contributed by atoms with Gasteiger partial charge in [-0.15, -0.1) is 10.2 Å². The third-order valence-corrected chi connectivity index (χ3v) is 4.18. The lowest BCUT2D eigenvalue weighted by atomic mass is 10.0. The minimum absolute atomic E-state index is 0.00103. The molecule has 5 heteroatoms. The van der Waals surface area contributed by atoms with Crippen molar-refractivity contribution < 1.29 is 5.11 Å². The molecule has 0 amide bonds. The molecule has 0 aromatic heterocycles. The molecule has 1 aliphatic heterocycles. The average Bonchev–Trinajstić information content (AvgIpc) is 3.13. The van der Waals surface area contributed by atoms with E-state index in [0.717, 1.165) is 16.3 Å². The van der Waals surface area contributed by atoms with Gasteiger partial charge in [-0.3, -0.25) is 0 Å². The largest absolute Gasteiger partial charge is 0.507 e. The van der Waals surface area contributed by atoms with Crippen LogP contribution in [-0.2, 0) is 0 Å². The molecule has 0 saturated heterocycles. The van der Waals surface area contributed by atoms with E-state index in [1.807, 2.05) is 60.7 Å². The number of benzene rings is 3. The molecule has 0 bridgehead atoms. The molecule has 3 aromatic rings. The number of phenols is 1. The minimum Gasteiger partial charge on any atom is -0.507 e. The Morgan fingerprint density at radius 3 is 2.64 bits per heavy atom. The fraction of sp³-hybridized carbons (Fsp3) is 0.100. The minimum atomic E-state index is 0.00103. The van der Waals surface area contributed by atoms with Crippen LogP contribution in [0.5, 0.6) is 5.75 Å². The summed E-state index contributed by atoms with van der Waals surface area (Å²) >= 11 is 0. The van der Waals surface area contributed by atoms with Gasteiger partial charge in [-0.1, -0.05) is 60.7 Å². The standard InChI is InChI=1S/C20H16N4O/c25-19-11-10-14-6-4-5-9-16(14)17(19)13-21-23-20-12-18(22-24-20)15-7-2-1-3-8-15/h1-11,13,18,25H,12H2/b21-13-,23-20-/t18-/m0/s1. The van der Waals surface area contributed by atoms with E-state index in [4.69, 9.17) is 0 Å². The van der Waals surface area contributed by atoms with Crippen LogP contribution in [0.4, 0.5) is 0 Å². The lowest BCUT2D eigenvalue weighted by Crippen LogP contribution is -1.95. The zero-order valence-corrected chi connectivity index (χ0v) is 13.4. The van der Waals surface area contributed by atoms with Crippen molar-refractivity contribution >= 4 is 22.8 Å². The Morgan fingerprint density at radius 1 is 0.960 bits per heavy atom. The molecule has 1 N–H and O–H groups in total. The Morgan fingerprint density at radius 2 is 1.76 bits per heavy atom. The predicted octanol–water partition coefficient (Wildman–Crippen LogP) is 4.88. The quantitative estimate of drug-likeness (QED) is 0.540. The number of nitrogens with zero attached hydrogens (tertiary/aromatic N) is 4. The van der Waals surface area contributed by atoms with E-state index in [1.165, 1.54) is 0 Å². The molecular weight excluding hydrogens is 312 g/mol. The smallest absolute Gasteiger partial charge is 0.175 e. The lowest BCUT2D eigenvalue weighted by Gasteiger charge is -2.04. The van der Waals surface area contributed by atoms with Crippen LogP contribution in [0.15, 0.2) is 87.2 Å². The molecule has 1 aliphatic rings. The Bertz CT molecular complexity index is 993. The van der Waals surface area contributed by atoms with Gasteiger partial charge in [-0.05, 0) is 22.4 Å². The average molecular weight is 328 g/mol. The fourth-order valence-corrected chi connectivity index (χ4v) is 2.88. The maximum Gasteiger partial charge on any atom is 0.175 e. The molecule has 5 nitrogen and oxygen atoms in total. The van der Waals surface area contributed by atoms with Crippen molar-refractivity contribution in [3.8, 4) is 5.75 Å². The van der Waals surface area contributed by atoms with Gasteiger partial charge in [-0.25, -0.2) is 0 Å². The van der Waals surface area contributed by atoms with Gasteiger partial charge < -0.3 is 5.11 Å². The first-order valence-electron chi connectivity index (χ1n) is 8.08. The molecule has 1 atom stereocenters. The number of hydrogen-bond donors (Lipinski definition) is 1. The number of aromatic hydroxyl groups is 1.